The quantitative estimate of drug-likeness (QED) is 0.406. The summed E-state index contributed by atoms with van der Waals surface area (Å²) in [6, 6.07) is 23.1. The average Bonchev–Trinajstić information content (AvgIpc) is 2.71. The standard InChI is InChI=1S/C24H23N3O3/c1-16(29)26-22-11-5-19(6-12-22)24(18-3-9-21(10-4-18)25-15-28)20-7-13-23(14-8-20)27-17(2)30/h3-15,24H,1-2H3,(H,25,28)(H,26,29)(H,27,30). The molecule has 0 aliphatic heterocycles. The van der Waals surface area contributed by atoms with Crippen molar-refractivity contribution in [2.24, 2.45) is 0 Å². The van der Waals surface area contributed by atoms with E-state index in [1.54, 1.807) is 0 Å². The molecule has 152 valence electrons. The van der Waals surface area contributed by atoms with Crippen molar-refractivity contribution in [2.45, 2.75) is 19.8 Å². The fourth-order valence-electron chi connectivity index (χ4n) is 3.34. The van der Waals surface area contributed by atoms with Crippen LogP contribution in [0.15, 0.2) is 72.8 Å². The van der Waals surface area contributed by atoms with Gasteiger partial charge in [0.15, 0.2) is 0 Å². The molecule has 0 heterocycles. The Labute approximate surface area is 175 Å². The summed E-state index contributed by atoms with van der Waals surface area (Å²) in [6.07, 6.45) is 0.647. The molecule has 0 saturated heterocycles. The highest BCUT2D eigenvalue weighted by Crippen LogP contribution is 2.33. The highest BCUT2D eigenvalue weighted by Gasteiger charge is 2.17. The van der Waals surface area contributed by atoms with Crippen LogP contribution >= 0.6 is 0 Å². The van der Waals surface area contributed by atoms with Crippen molar-refractivity contribution in [3.63, 3.8) is 0 Å². The van der Waals surface area contributed by atoms with Gasteiger partial charge < -0.3 is 16.0 Å². The summed E-state index contributed by atoms with van der Waals surface area (Å²) in [7, 11) is 0. The van der Waals surface area contributed by atoms with E-state index in [9.17, 15) is 14.4 Å². The van der Waals surface area contributed by atoms with Gasteiger partial charge in [0.2, 0.25) is 18.2 Å². The summed E-state index contributed by atoms with van der Waals surface area (Å²) in [6.45, 7) is 2.95. The topological polar surface area (TPSA) is 87.3 Å². The highest BCUT2D eigenvalue weighted by atomic mass is 16.2. The highest BCUT2D eigenvalue weighted by molar-refractivity contribution is 5.89. The predicted molar refractivity (Wildman–Crippen MR) is 119 cm³/mol. The zero-order valence-corrected chi connectivity index (χ0v) is 16.8. The van der Waals surface area contributed by atoms with E-state index in [1.165, 1.54) is 13.8 Å². The molecular weight excluding hydrogens is 378 g/mol. The molecule has 0 radical (unpaired) electrons. The molecule has 3 rings (SSSR count). The average molecular weight is 401 g/mol. The lowest BCUT2D eigenvalue weighted by atomic mass is 9.85. The molecule has 0 bridgehead atoms. The number of nitrogens with one attached hydrogen (secondary N) is 3. The molecular formula is C24H23N3O3. The molecule has 0 atom stereocenters. The Morgan fingerprint density at radius 3 is 1.27 bits per heavy atom. The second-order valence-electron chi connectivity index (χ2n) is 6.92. The fourth-order valence-corrected chi connectivity index (χ4v) is 3.34. The molecule has 3 aromatic carbocycles. The van der Waals surface area contributed by atoms with Crippen molar-refractivity contribution >= 4 is 35.3 Å². The Bertz CT molecular complexity index is 967. The largest absolute Gasteiger partial charge is 0.329 e. The van der Waals surface area contributed by atoms with Gasteiger partial charge in [0.25, 0.3) is 0 Å². The number of hydrogen-bond donors (Lipinski definition) is 3. The number of anilines is 3. The van der Waals surface area contributed by atoms with Crippen molar-refractivity contribution in [3.8, 4) is 0 Å². The van der Waals surface area contributed by atoms with Gasteiger partial charge in [0.1, 0.15) is 0 Å². The van der Waals surface area contributed by atoms with Crippen molar-refractivity contribution in [1.29, 1.82) is 0 Å². The minimum atomic E-state index is -0.119. The normalized spacial score (nSPS) is 10.4. The first-order valence-electron chi connectivity index (χ1n) is 9.51. The molecule has 3 N–H and O–H groups in total. The van der Waals surface area contributed by atoms with Crippen molar-refractivity contribution in [3.05, 3.63) is 89.5 Å². The Balaban J connectivity index is 1.98. The molecule has 0 unspecified atom stereocenters. The van der Waals surface area contributed by atoms with Crippen LogP contribution in [0.2, 0.25) is 0 Å². The van der Waals surface area contributed by atoms with Crippen molar-refractivity contribution in [1.82, 2.24) is 0 Å². The maximum atomic E-state index is 11.3. The van der Waals surface area contributed by atoms with Gasteiger partial charge in [-0.25, -0.2) is 0 Å². The van der Waals surface area contributed by atoms with Gasteiger partial charge in [-0.15, -0.1) is 0 Å². The number of carbonyl (C=O) groups excluding carboxylic acids is 3. The number of benzene rings is 3. The van der Waals surface area contributed by atoms with Crippen molar-refractivity contribution < 1.29 is 14.4 Å². The second kappa shape index (κ2) is 9.52. The van der Waals surface area contributed by atoms with Crippen LogP contribution in [0.4, 0.5) is 17.1 Å². The SMILES string of the molecule is CC(=O)Nc1ccc(C(c2ccc(NC=O)cc2)c2ccc(NC(C)=O)cc2)cc1. The molecule has 0 spiro atoms. The van der Waals surface area contributed by atoms with E-state index < -0.39 is 0 Å². The van der Waals surface area contributed by atoms with E-state index in [-0.39, 0.29) is 17.7 Å². The van der Waals surface area contributed by atoms with E-state index in [0.29, 0.717) is 6.41 Å². The monoisotopic (exact) mass is 401 g/mol. The van der Waals surface area contributed by atoms with Crippen LogP contribution in [0.3, 0.4) is 0 Å². The summed E-state index contributed by atoms with van der Waals surface area (Å²) >= 11 is 0. The van der Waals surface area contributed by atoms with Gasteiger partial charge in [-0.2, -0.15) is 0 Å². The second-order valence-corrected chi connectivity index (χ2v) is 6.92. The molecule has 0 fully saturated rings. The molecule has 0 aromatic heterocycles. The molecule has 0 aliphatic carbocycles. The van der Waals surface area contributed by atoms with Crippen LogP contribution in [0.25, 0.3) is 0 Å². The summed E-state index contributed by atoms with van der Waals surface area (Å²) in [5.74, 6) is -0.301. The maximum absolute atomic E-state index is 11.3. The maximum Gasteiger partial charge on any atom is 0.221 e. The molecule has 6 heteroatoms. The van der Waals surface area contributed by atoms with E-state index >= 15 is 0 Å². The fraction of sp³-hybridized carbons (Fsp3) is 0.125. The van der Waals surface area contributed by atoms with Gasteiger partial charge >= 0.3 is 0 Å². The van der Waals surface area contributed by atoms with Crippen LogP contribution in [0.5, 0.6) is 0 Å². The van der Waals surface area contributed by atoms with Gasteiger partial charge in [-0.1, -0.05) is 36.4 Å². The minimum Gasteiger partial charge on any atom is -0.329 e. The van der Waals surface area contributed by atoms with Gasteiger partial charge in [-0.3, -0.25) is 14.4 Å². The summed E-state index contributed by atoms with van der Waals surface area (Å²) in [5.41, 5.74) is 5.33. The Morgan fingerprint density at radius 1 is 0.633 bits per heavy atom. The molecule has 3 amide bonds. The first-order valence-corrected chi connectivity index (χ1v) is 9.51. The van der Waals surface area contributed by atoms with Crippen molar-refractivity contribution in [2.75, 3.05) is 16.0 Å². The third-order valence-electron chi connectivity index (χ3n) is 4.60. The van der Waals surface area contributed by atoms with E-state index in [0.717, 1.165) is 33.8 Å². The first kappa shape index (κ1) is 20.8. The van der Waals surface area contributed by atoms with Crippen LogP contribution in [-0.4, -0.2) is 18.2 Å². The number of amides is 3. The lowest BCUT2D eigenvalue weighted by molar-refractivity contribution is -0.115. The summed E-state index contributed by atoms with van der Waals surface area (Å²) in [5, 5.41) is 8.20. The molecule has 3 aromatic rings. The Kier molecular flexibility index (Phi) is 6.60. The lowest BCUT2D eigenvalue weighted by Crippen LogP contribution is -2.08. The van der Waals surface area contributed by atoms with Crippen LogP contribution in [0, 0.1) is 0 Å². The van der Waals surface area contributed by atoms with E-state index in [2.05, 4.69) is 16.0 Å². The summed E-state index contributed by atoms with van der Waals surface area (Å²) in [4.78, 5) is 33.3. The zero-order chi connectivity index (χ0) is 21.5. The molecule has 6 nitrogen and oxygen atoms in total. The van der Waals surface area contributed by atoms with Crippen LogP contribution in [-0.2, 0) is 14.4 Å². The minimum absolute atomic E-state index is 0.0620. The smallest absolute Gasteiger partial charge is 0.221 e. The van der Waals surface area contributed by atoms with Crippen LogP contribution in [0.1, 0.15) is 36.5 Å². The predicted octanol–water partition coefficient (Wildman–Crippen LogP) is 4.35. The Hall–Kier alpha value is -3.93. The van der Waals surface area contributed by atoms with Gasteiger partial charge in [-0.05, 0) is 53.1 Å². The number of hydrogen-bond acceptors (Lipinski definition) is 3. The summed E-state index contributed by atoms with van der Waals surface area (Å²) < 4.78 is 0. The lowest BCUT2D eigenvalue weighted by Gasteiger charge is -2.20. The van der Waals surface area contributed by atoms with E-state index in [4.69, 9.17) is 0 Å². The van der Waals surface area contributed by atoms with Gasteiger partial charge in [0, 0.05) is 36.8 Å². The zero-order valence-electron chi connectivity index (χ0n) is 16.8. The third-order valence-corrected chi connectivity index (χ3v) is 4.60. The van der Waals surface area contributed by atoms with E-state index in [1.807, 2.05) is 72.8 Å². The molecule has 0 saturated carbocycles. The third kappa shape index (κ3) is 5.32. The molecule has 0 aliphatic rings. The van der Waals surface area contributed by atoms with Gasteiger partial charge in [0.05, 0.1) is 0 Å². The number of rotatable bonds is 7. The number of carbonyl (C=O) groups is 3. The Morgan fingerprint density at radius 2 is 0.967 bits per heavy atom. The first-order chi connectivity index (χ1) is 14.5. The van der Waals surface area contributed by atoms with Crippen LogP contribution < -0.4 is 16.0 Å². The molecule has 30 heavy (non-hydrogen) atoms.